The fourth-order valence-electron chi connectivity index (χ4n) is 3.95. The summed E-state index contributed by atoms with van der Waals surface area (Å²) in [7, 11) is 1.67. The molecule has 10 nitrogen and oxygen atoms in total. The molecular weight excluding hydrogens is 398 g/mol. The molecule has 5 rings (SSSR count). The van der Waals surface area contributed by atoms with Crippen LogP contribution in [0.3, 0.4) is 0 Å². The zero-order chi connectivity index (χ0) is 21.0. The number of fused-ring (bicyclic) bond motifs is 1. The molecule has 2 saturated heterocycles. The van der Waals surface area contributed by atoms with E-state index < -0.39 is 0 Å². The highest BCUT2D eigenvalue weighted by Crippen LogP contribution is 2.32. The van der Waals surface area contributed by atoms with E-state index in [0.29, 0.717) is 17.6 Å². The molecule has 0 radical (unpaired) electrons. The normalized spacial score (nSPS) is 17.6. The first-order valence-electron chi connectivity index (χ1n) is 10.6. The maximum Gasteiger partial charge on any atom is 0.231 e. The molecule has 3 N–H and O–H groups in total. The van der Waals surface area contributed by atoms with Crippen molar-refractivity contribution in [2.24, 2.45) is 0 Å². The molecule has 0 atom stereocenters. The Bertz CT molecular complexity index is 1030. The smallest absolute Gasteiger partial charge is 0.231 e. The van der Waals surface area contributed by atoms with E-state index in [1.807, 2.05) is 12.1 Å². The quantitative estimate of drug-likeness (QED) is 0.549. The van der Waals surface area contributed by atoms with Gasteiger partial charge < -0.3 is 34.7 Å². The number of nitrogens with one attached hydrogen (secondary N) is 3. The lowest BCUT2D eigenvalue weighted by Crippen LogP contribution is -2.36. The van der Waals surface area contributed by atoms with Crippen molar-refractivity contribution in [1.82, 2.24) is 19.9 Å². The minimum atomic E-state index is 0.311. The second kappa shape index (κ2) is 8.94. The first kappa shape index (κ1) is 19.8. The number of aromatic nitrogens is 4. The summed E-state index contributed by atoms with van der Waals surface area (Å²) in [5.74, 6) is 1.93. The molecule has 4 heterocycles. The lowest BCUT2D eigenvalue weighted by molar-refractivity contribution is 0.0904. The van der Waals surface area contributed by atoms with Crippen molar-refractivity contribution in [2.45, 2.75) is 18.9 Å². The van der Waals surface area contributed by atoms with Gasteiger partial charge in [0.05, 0.1) is 32.3 Å². The number of hydrogen-bond donors (Lipinski definition) is 3. The van der Waals surface area contributed by atoms with Crippen molar-refractivity contribution in [3.63, 3.8) is 0 Å². The Morgan fingerprint density at radius 1 is 1.10 bits per heavy atom. The lowest BCUT2D eigenvalue weighted by atomic mass is 10.1. The van der Waals surface area contributed by atoms with Crippen LogP contribution in [0, 0.1) is 0 Å². The van der Waals surface area contributed by atoms with Crippen LogP contribution in [0.1, 0.15) is 12.8 Å². The summed E-state index contributed by atoms with van der Waals surface area (Å²) in [6.07, 6.45) is 3.52. The van der Waals surface area contributed by atoms with Crippen LogP contribution >= 0.6 is 0 Å². The van der Waals surface area contributed by atoms with Crippen LogP contribution in [-0.2, 0) is 9.47 Å². The molecule has 2 aromatic heterocycles. The van der Waals surface area contributed by atoms with E-state index in [0.717, 1.165) is 80.8 Å². The van der Waals surface area contributed by atoms with Crippen LogP contribution in [0.2, 0.25) is 0 Å². The topological polar surface area (TPSA) is 109 Å². The Morgan fingerprint density at radius 2 is 1.90 bits per heavy atom. The zero-order valence-electron chi connectivity index (χ0n) is 17.6. The molecule has 2 aliphatic heterocycles. The molecule has 0 unspecified atom stereocenters. The van der Waals surface area contributed by atoms with Crippen LogP contribution in [0.25, 0.3) is 11.2 Å². The minimum absolute atomic E-state index is 0.311. The van der Waals surface area contributed by atoms with E-state index in [1.165, 1.54) is 0 Å². The highest BCUT2D eigenvalue weighted by molar-refractivity contribution is 5.84. The van der Waals surface area contributed by atoms with Gasteiger partial charge in [0.1, 0.15) is 11.3 Å². The number of nitrogens with zero attached hydrogens (tertiary/aromatic N) is 4. The fourth-order valence-corrected chi connectivity index (χ4v) is 3.95. The molecule has 0 amide bonds. The molecule has 0 saturated carbocycles. The average molecular weight is 425 g/mol. The Hall–Kier alpha value is -3.11. The number of rotatable bonds is 6. The first-order chi connectivity index (χ1) is 15.3. The zero-order valence-corrected chi connectivity index (χ0v) is 17.6. The maximum atomic E-state index is 5.65. The molecule has 31 heavy (non-hydrogen) atoms. The van der Waals surface area contributed by atoms with Crippen molar-refractivity contribution in [3.8, 4) is 5.75 Å². The second-order valence-electron chi connectivity index (χ2n) is 7.64. The number of morpholine rings is 1. The van der Waals surface area contributed by atoms with Crippen molar-refractivity contribution in [3.05, 3.63) is 24.5 Å². The van der Waals surface area contributed by atoms with Gasteiger partial charge in [-0.25, -0.2) is 4.98 Å². The van der Waals surface area contributed by atoms with Gasteiger partial charge in [0.25, 0.3) is 0 Å². The van der Waals surface area contributed by atoms with Crippen molar-refractivity contribution >= 4 is 34.3 Å². The summed E-state index contributed by atoms with van der Waals surface area (Å²) in [4.78, 5) is 19.0. The molecule has 2 fully saturated rings. The summed E-state index contributed by atoms with van der Waals surface area (Å²) in [5, 5.41) is 6.83. The Labute approximate surface area is 180 Å². The molecule has 3 aromatic rings. The van der Waals surface area contributed by atoms with E-state index in [4.69, 9.17) is 19.2 Å². The second-order valence-corrected chi connectivity index (χ2v) is 7.64. The van der Waals surface area contributed by atoms with Gasteiger partial charge in [-0.15, -0.1) is 0 Å². The molecule has 2 aliphatic rings. The Balaban J connectivity index is 1.40. The number of methoxy groups -OCH3 is 1. The molecule has 164 valence electrons. The highest BCUT2D eigenvalue weighted by Gasteiger charge is 2.19. The molecule has 10 heteroatoms. The number of aromatic amines is 1. The largest absolute Gasteiger partial charge is 0.494 e. The number of ether oxygens (including phenoxy) is 3. The lowest BCUT2D eigenvalue weighted by Gasteiger charge is -2.29. The van der Waals surface area contributed by atoms with Crippen molar-refractivity contribution in [1.29, 1.82) is 0 Å². The molecule has 0 spiro atoms. The monoisotopic (exact) mass is 425 g/mol. The summed E-state index contributed by atoms with van der Waals surface area (Å²) in [6, 6.07) is 6.41. The van der Waals surface area contributed by atoms with Gasteiger partial charge in [-0.05, 0) is 25.0 Å². The third-order valence-corrected chi connectivity index (χ3v) is 5.66. The summed E-state index contributed by atoms with van der Waals surface area (Å²) in [5.41, 5.74) is 3.31. The predicted octanol–water partition coefficient (Wildman–Crippen LogP) is 2.53. The van der Waals surface area contributed by atoms with Crippen LogP contribution in [-0.4, -0.2) is 72.6 Å². The average Bonchev–Trinajstić information content (AvgIpc) is 3.30. The summed E-state index contributed by atoms with van der Waals surface area (Å²) in [6.45, 7) is 4.73. The van der Waals surface area contributed by atoms with E-state index in [-0.39, 0.29) is 0 Å². The molecular formula is C21H27N7O3. The summed E-state index contributed by atoms with van der Waals surface area (Å²) < 4.78 is 16.6. The maximum absolute atomic E-state index is 5.65. The van der Waals surface area contributed by atoms with Gasteiger partial charge in [-0.2, -0.15) is 9.97 Å². The summed E-state index contributed by atoms with van der Waals surface area (Å²) >= 11 is 0. The SMILES string of the molecule is COc1cc(N2CCOCC2)ccc1Nc1nc(NC2CCOCC2)c2[nH]cnc2n1. The highest BCUT2D eigenvalue weighted by atomic mass is 16.5. The standard InChI is InChI=1S/C21H27N7O3/c1-29-17-12-15(28-6-10-31-11-7-28)2-3-16(17)25-21-26-19-18(22-13-23-19)20(27-21)24-14-4-8-30-9-5-14/h2-3,12-14H,4-11H2,1H3,(H3,22,23,24,25,26,27). The van der Waals surface area contributed by atoms with Crippen molar-refractivity contribution in [2.75, 3.05) is 62.2 Å². The van der Waals surface area contributed by atoms with Gasteiger partial charge in [-0.3, -0.25) is 0 Å². The molecule has 0 bridgehead atoms. The Morgan fingerprint density at radius 3 is 2.71 bits per heavy atom. The predicted molar refractivity (Wildman–Crippen MR) is 118 cm³/mol. The van der Waals surface area contributed by atoms with Crippen LogP contribution < -0.4 is 20.3 Å². The van der Waals surface area contributed by atoms with Gasteiger partial charge in [0.2, 0.25) is 5.95 Å². The number of hydrogen-bond acceptors (Lipinski definition) is 9. The van der Waals surface area contributed by atoms with Crippen LogP contribution in [0.4, 0.5) is 23.1 Å². The first-order valence-corrected chi connectivity index (χ1v) is 10.6. The number of anilines is 4. The van der Waals surface area contributed by atoms with E-state index in [9.17, 15) is 0 Å². The molecule has 0 aliphatic carbocycles. The Kier molecular flexibility index (Phi) is 5.72. The van der Waals surface area contributed by atoms with Crippen LogP contribution in [0.15, 0.2) is 24.5 Å². The van der Waals surface area contributed by atoms with Crippen molar-refractivity contribution < 1.29 is 14.2 Å². The van der Waals surface area contributed by atoms with Gasteiger partial charge in [0.15, 0.2) is 11.5 Å². The molecule has 1 aromatic carbocycles. The third-order valence-electron chi connectivity index (χ3n) is 5.66. The van der Waals surface area contributed by atoms with Crippen LogP contribution in [0.5, 0.6) is 5.75 Å². The minimum Gasteiger partial charge on any atom is -0.494 e. The van der Waals surface area contributed by atoms with E-state index in [1.54, 1.807) is 13.4 Å². The number of imidazole rings is 1. The van der Waals surface area contributed by atoms with Gasteiger partial charge in [-0.1, -0.05) is 0 Å². The third kappa shape index (κ3) is 4.35. The van der Waals surface area contributed by atoms with Gasteiger partial charge in [0, 0.05) is 44.1 Å². The van der Waals surface area contributed by atoms with E-state index >= 15 is 0 Å². The fraction of sp³-hybridized carbons (Fsp3) is 0.476. The number of H-pyrrole nitrogens is 1. The number of benzene rings is 1. The van der Waals surface area contributed by atoms with E-state index in [2.05, 4.69) is 36.6 Å². The van der Waals surface area contributed by atoms with Gasteiger partial charge >= 0.3 is 0 Å².